The Bertz CT molecular complexity index is 823. The molecule has 0 amide bonds. The zero-order chi connectivity index (χ0) is 16.8. The van der Waals surface area contributed by atoms with Gasteiger partial charge in [-0.15, -0.1) is 0 Å². The average Bonchev–Trinajstić information content (AvgIpc) is 2.47. The smallest absolute Gasteiger partial charge is 0.257 e. The highest BCUT2D eigenvalue weighted by molar-refractivity contribution is 6.01. The Morgan fingerprint density at radius 3 is 2.39 bits per heavy atom. The van der Waals surface area contributed by atoms with Crippen LogP contribution >= 0.6 is 0 Å². The molecule has 2 aromatic heterocycles. The fraction of sp³-hybridized carbons (Fsp3) is 0.474. The van der Waals surface area contributed by atoms with Gasteiger partial charge in [-0.1, -0.05) is 13.8 Å². The number of piperidine rings is 1. The van der Waals surface area contributed by atoms with E-state index in [1.807, 2.05) is 19.1 Å². The minimum Gasteiger partial charge on any atom is -0.371 e. The van der Waals surface area contributed by atoms with Crippen LogP contribution in [-0.4, -0.2) is 23.3 Å². The van der Waals surface area contributed by atoms with Gasteiger partial charge < -0.3 is 4.90 Å². The molecule has 0 bridgehead atoms. The number of ketones is 1. The number of Topliss-reactive ketones (excluding diaryl/α,β-unsaturated/α-hetero) is 1. The molecule has 1 aliphatic heterocycles. The highest BCUT2D eigenvalue weighted by Crippen LogP contribution is 2.32. The largest absolute Gasteiger partial charge is 0.371 e. The number of hydrogen-bond donors (Lipinski definition) is 0. The summed E-state index contributed by atoms with van der Waals surface area (Å²) in [5, 5.41) is 0. The van der Waals surface area contributed by atoms with Crippen molar-refractivity contribution in [2.45, 2.75) is 40.5 Å². The molecule has 0 unspecified atom stereocenters. The van der Waals surface area contributed by atoms with Crippen LogP contribution in [0.5, 0.6) is 0 Å². The van der Waals surface area contributed by atoms with E-state index in [-0.39, 0.29) is 11.3 Å². The van der Waals surface area contributed by atoms with Crippen LogP contribution in [0.4, 0.5) is 5.69 Å². The summed E-state index contributed by atoms with van der Waals surface area (Å²) >= 11 is 0. The summed E-state index contributed by atoms with van der Waals surface area (Å²) in [4.78, 5) is 26.7. The normalized spacial score (nSPS) is 17.5. The molecule has 1 fully saturated rings. The predicted molar refractivity (Wildman–Crippen MR) is 93.6 cm³/mol. The first kappa shape index (κ1) is 15.8. The summed E-state index contributed by atoms with van der Waals surface area (Å²) in [6, 6.07) is 5.53. The highest BCUT2D eigenvalue weighted by atomic mass is 16.1. The maximum absolute atomic E-state index is 12.5. The van der Waals surface area contributed by atoms with Gasteiger partial charge in [0.1, 0.15) is 0 Å². The zero-order valence-electron chi connectivity index (χ0n) is 14.3. The standard InChI is InChI=1S/C19H24N2O2/c1-13-9-16(14(2)22)17-10-15(11-18(23)21(17)12-13)20-7-5-19(3,4)6-8-20/h9-12H,5-8H2,1-4H3. The van der Waals surface area contributed by atoms with E-state index in [9.17, 15) is 9.59 Å². The van der Waals surface area contributed by atoms with E-state index in [1.54, 1.807) is 23.6 Å². The van der Waals surface area contributed by atoms with Gasteiger partial charge in [0, 0.05) is 36.6 Å². The summed E-state index contributed by atoms with van der Waals surface area (Å²) in [6.45, 7) is 9.93. The highest BCUT2D eigenvalue weighted by Gasteiger charge is 2.26. The molecular weight excluding hydrogens is 288 g/mol. The van der Waals surface area contributed by atoms with Gasteiger partial charge in [-0.3, -0.25) is 14.0 Å². The molecule has 1 aliphatic rings. The molecule has 0 saturated carbocycles. The Labute approximate surface area is 136 Å². The minimum absolute atomic E-state index is 0.0115. The van der Waals surface area contributed by atoms with Crippen molar-refractivity contribution in [3.05, 3.63) is 45.9 Å². The second-order valence-corrected chi connectivity index (χ2v) is 7.45. The summed E-state index contributed by atoms with van der Waals surface area (Å²) in [7, 11) is 0. The van der Waals surface area contributed by atoms with Crippen LogP contribution in [0.25, 0.3) is 5.52 Å². The number of carbonyl (C=O) groups excluding carboxylic acids is 1. The second kappa shape index (κ2) is 5.52. The second-order valence-electron chi connectivity index (χ2n) is 7.45. The van der Waals surface area contributed by atoms with Crippen molar-refractivity contribution in [3.8, 4) is 0 Å². The Hall–Kier alpha value is -2.10. The fourth-order valence-corrected chi connectivity index (χ4v) is 3.28. The van der Waals surface area contributed by atoms with E-state index in [2.05, 4.69) is 18.7 Å². The van der Waals surface area contributed by atoms with Crippen molar-refractivity contribution < 1.29 is 4.79 Å². The Morgan fingerprint density at radius 1 is 1.13 bits per heavy atom. The first-order valence-corrected chi connectivity index (χ1v) is 8.20. The Balaban J connectivity index is 2.11. The number of aryl methyl sites for hydroxylation is 1. The Morgan fingerprint density at radius 2 is 1.78 bits per heavy atom. The van der Waals surface area contributed by atoms with Gasteiger partial charge in [0.2, 0.25) is 0 Å². The topological polar surface area (TPSA) is 41.8 Å². The number of anilines is 1. The molecule has 0 spiro atoms. The third kappa shape index (κ3) is 3.03. The lowest BCUT2D eigenvalue weighted by Crippen LogP contribution is -2.37. The molecule has 23 heavy (non-hydrogen) atoms. The minimum atomic E-state index is -0.0754. The molecule has 0 aliphatic carbocycles. The number of fused-ring (bicyclic) bond motifs is 1. The van der Waals surface area contributed by atoms with Gasteiger partial charge in [0.25, 0.3) is 5.56 Å². The van der Waals surface area contributed by atoms with Crippen LogP contribution in [0.2, 0.25) is 0 Å². The van der Waals surface area contributed by atoms with Gasteiger partial charge in [0.15, 0.2) is 5.78 Å². The number of aromatic nitrogens is 1. The fourth-order valence-electron chi connectivity index (χ4n) is 3.28. The number of hydrogen-bond acceptors (Lipinski definition) is 3. The molecule has 3 heterocycles. The van der Waals surface area contributed by atoms with Crippen LogP contribution in [0.15, 0.2) is 29.2 Å². The number of pyridine rings is 2. The summed E-state index contributed by atoms with van der Waals surface area (Å²) < 4.78 is 1.59. The van der Waals surface area contributed by atoms with Gasteiger partial charge in [-0.05, 0) is 49.8 Å². The van der Waals surface area contributed by atoms with Crippen molar-refractivity contribution >= 4 is 17.0 Å². The molecular formula is C19H24N2O2. The van der Waals surface area contributed by atoms with Crippen LogP contribution in [0, 0.1) is 12.3 Å². The van der Waals surface area contributed by atoms with Crippen molar-refractivity contribution in [2.24, 2.45) is 5.41 Å². The van der Waals surface area contributed by atoms with Gasteiger partial charge in [0.05, 0.1) is 5.52 Å². The van der Waals surface area contributed by atoms with E-state index >= 15 is 0 Å². The van der Waals surface area contributed by atoms with E-state index in [4.69, 9.17) is 0 Å². The molecule has 0 radical (unpaired) electrons. The number of nitrogens with zero attached hydrogens (tertiary/aromatic N) is 2. The average molecular weight is 312 g/mol. The predicted octanol–water partition coefficient (Wildman–Crippen LogP) is 3.44. The molecule has 2 aromatic rings. The quantitative estimate of drug-likeness (QED) is 0.798. The Kier molecular flexibility index (Phi) is 3.78. The van der Waals surface area contributed by atoms with Crippen LogP contribution in [-0.2, 0) is 0 Å². The van der Waals surface area contributed by atoms with Crippen molar-refractivity contribution in [1.82, 2.24) is 4.40 Å². The molecule has 0 aromatic carbocycles. The third-order valence-corrected chi connectivity index (χ3v) is 4.90. The first-order valence-electron chi connectivity index (χ1n) is 8.20. The lowest BCUT2D eigenvalue weighted by atomic mass is 9.82. The maximum Gasteiger partial charge on any atom is 0.257 e. The van der Waals surface area contributed by atoms with Crippen molar-refractivity contribution in [1.29, 1.82) is 0 Å². The van der Waals surface area contributed by atoms with Crippen LogP contribution in [0.1, 0.15) is 49.5 Å². The van der Waals surface area contributed by atoms with Crippen LogP contribution in [0.3, 0.4) is 0 Å². The molecule has 0 N–H and O–H groups in total. The monoisotopic (exact) mass is 312 g/mol. The van der Waals surface area contributed by atoms with Crippen LogP contribution < -0.4 is 10.5 Å². The molecule has 3 rings (SSSR count). The van der Waals surface area contributed by atoms with E-state index in [1.165, 1.54) is 0 Å². The molecule has 122 valence electrons. The molecule has 4 heteroatoms. The lowest BCUT2D eigenvalue weighted by Gasteiger charge is -2.38. The van der Waals surface area contributed by atoms with Crippen molar-refractivity contribution in [2.75, 3.05) is 18.0 Å². The van der Waals surface area contributed by atoms with E-state index in [0.29, 0.717) is 16.5 Å². The summed E-state index contributed by atoms with van der Waals surface area (Å²) in [5.41, 5.74) is 3.45. The number of carbonyl (C=O) groups is 1. The van der Waals surface area contributed by atoms with Crippen molar-refractivity contribution in [3.63, 3.8) is 0 Å². The summed E-state index contributed by atoms with van der Waals surface area (Å²) in [5.74, 6) is -0.0115. The maximum atomic E-state index is 12.5. The lowest BCUT2D eigenvalue weighted by molar-refractivity contribution is 0.101. The molecule has 1 saturated heterocycles. The molecule has 0 atom stereocenters. The zero-order valence-corrected chi connectivity index (χ0v) is 14.3. The third-order valence-electron chi connectivity index (χ3n) is 4.90. The molecule has 4 nitrogen and oxygen atoms in total. The first-order chi connectivity index (χ1) is 10.8. The van der Waals surface area contributed by atoms with E-state index < -0.39 is 0 Å². The summed E-state index contributed by atoms with van der Waals surface area (Å²) in [6.07, 6.45) is 4.02. The number of rotatable bonds is 2. The van der Waals surface area contributed by atoms with Gasteiger partial charge in [-0.2, -0.15) is 0 Å². The van der Waals surface area contributed by atoms with Gasteiger partial charge in [-0.25, -0.2) is 0 Å². The van der Waals surface area contributed by atoms with E-state index in [0.717, 1.165) is 37.2 Å². The van der Waals surface area contributed by atoms with Gasteiger partial charge >= 0.3 is 0 Å². The SMILES string of the molecule is CC(=O)c1cc(C)cn2c(=O)cc(N3CCC(C)(C)CC3)cc12.